The lowest BCUT2D eigenvalue weighted by atomic mass is 10.3. The first-order valence-electron chi connectivity index (χ1n) is 4.88. The summed E-state index contributed by atoms with van der Waals surface area (Å²) >= 11 is 2.75. The van der Waals surface area contributed by atoms with Gasteiger partial charge in [-0.1, -0.05) is 35.2 Å². The number of para-hydroxylation sites is 1. The second-order valence-corrected chi connectivity index (χ2v) is 5.37. The van der Waals surface area contributed by atoms with Crippen molar-refractivity contribution in [2.24, 2.45) is 0 Å². The zero-order chi connectivity index (χ0) is 12.1. The summed E-state index contributed by atoms with van der Waals surface area (Å²) in [6, 6.07) is 6.39. The second kappa shape index (κ2) is 5.95. The normalized spacial score (nSPS) is 10.5. The van der Waals surface area contributed by atoms with Gasteiger partial charge >= 0.3 is 0 Å². The standard InChI is InChI=1S/C10H10FN3OS2/c11-7-3-1-2-4-8(7)12-9-13-14-10(17-9)16-6-5-15/h1-4,15H,5-6H2,(H,12,13). The van der Waals surface area contributed by atoms with Gasteiger partial charge in [-0.05, 0) is 12.1 Å². The minimum absolute atomic E-state index is 0.0975. The lowest BCUT2D eigenvalue weighted by Gasteiger charge is -2.01. The van der Waals surface area contributed by atoms with Crippen LogP contribution in [0.5, 0.6) is 0 Å². The predicted octanol–water partition coefficient (Wildman–Crippen LogP) is 2.51. The molecule has 1 aromatic carbocycles. The van der Waals surface area contributed by atoms with Crippen LogP contribution in [0.1, 0.15) is 0 Å². The zero-order valence-corrected chi connectivity index (χ0v) is 10.4. The summed E-state index contributed by atoms with van der Waals surface area (Å²) in [7, 11) is 0. The number of aliphatic hydroxyl groups excluding tert-OH is 1. The van der Waals surface area contributed by atoms with Gasteiger partial charge in [0.15, 0.2) is 4.34 Å². The van der Waals surface area contributed by atoms with Crippen molar-refractivity contribution < 1.29 is 9.50 Å². The number of benzene rings is 1. The van der Waals surface area contributed by atoms with Gasteiger partial charge in [-0.15, -0.1) is 10.2 Å². The number of aromatic nitrogens is 2. The molecule has 2 rings (SSSR count). The highest BCUT2D eigenvalue weighted by molar-refractivity contribution is 8.01. The Morgan fingerprint density at radius 1 is 1.35 bits per heavy atom. The number of aliphatic hydroxyl groups is 1. The van der Waals surface area contributed by atoms with E-state index >= 15 is 0 Å². The van der Waals surface area contributed by atoms with E-state index in [0.717, 1.165) is 4.34 Å². The monoisotopic (exact) mass is 271 g/mol. The molecule has 0 saturated heterocycles. The molecule has 0 fully saturated rings. The summed E-state index contributed by atoms with van der Waals surface area (Å²) in [5.41, 5.74) is 0.377. The van der Waals surface area contributed by atoms with E-state index in [4.69, 9.17) is 5.11 Å². The summed E-state index contributed by atoms with van der Waals surface area (Å²) < 4.78 is 14.1. The van der Waals surface area contributed by atoms with Crippen molar-refractivity contribution in [3.63, 3.8) is 0 Å². The van der Waals surface area contributed by atoms with E-state index in [-0.39, 0.29) is 12.4 Å². The third-order valence-electron chi connectivity index (χ3n) is 1.84. The van der Waals surface area contributed by atoms with Crippen LogP contribution >= 0.6 is 23.1 Å². The lowest BCUT2D eigenvalue weighted by molar-refractivity contribution is 0.322. The van der Waals surface area contributed by atoms with E-state index in [1.807, 2.05) is 0 Å². The molecule has 90 valence electrons. The molecule has 7 heteroatoms. The summed E-state index contributed by atoms with van der Waals surface area (Å²) in [6.07, 6.45) is 0. The molecule has 4 nitrogen and oxygen atoms in total. The third-order valence-corrected chi connectivity index (χ3v) is 3.79. The molecule has 1 heterocycles. The highest BCUT2D eigenvalue weighted by atomic mass is 32.2. The number of nitrogens with zero attached hydrogens (tertiary/aromatic N) is 2. The Kier molecular flexibility index (Phi) is 4.29. The van der Waals surface area contributed by atoms with Crippen LogP contribution in [0.2, 0.25) is 0 Å². The Hall–Kier alpha value is -1.18. The van der Waals surface area contributed by atoms with Gasteiger partial charge < -0.3 is 10.4 Å². The molecule has 17 heavy (non-hydrogen) atoms. The van der Waals surface area contributed by atoms with Gasteiger partial charge in [-0.2, -0.15) is 0 Å². The first kappa shape index (κ1) is 12.3. The number of halogens is 1. The topological polar surface area (TPSA) is 58.0 Å². The summed E-state index contributed by atoms with van der Waals surface area (Å²) in [5, 5.41) is 19.9. The summed E-state index contributed by atoms with van der Waals surface area (Å²) in [6.45, 7) is 0.0975. The van der Waals surface area contributed by atoms with Gasteiger partial charge in [0.05, 0.1) is 12.3 Å². The molecule has 0 aliphatic rings. The molecule has 0 amide bonds. The Bertz CT molecular complexity index is 492. The SMILES string of the molecule is OCCSc1nnc(Nc2ccccc2F)s1. The zero-order valence-electron chi connectivity index (χ0n) is 8.76. The van der Waals surface area contributed by atoms with Gasteiger partial charge in [0, 0.05) is 5.75 Å². The van der Waals surface area contributed by atoms with Crippen LogP contribution in [0.3, 0.4) is 0 Å². The summed E-state index contributed by atoms with van der Waals surface area (Å²) in [5.74, 6) is 0.251. The molecule has 0 spiro atoms. The highest BCUT2D eigenvalue weighted by Crippen LogP contribution is 2.28. The molecule has 2 N–H and O–H groups in total. The maximum absolute atomic E-state index is 13.3. The molecule has 1 aromatic heterocycles. The fraction of sp³-hybridized carbons (Fsp3) is 0.200. The maximum atomic E-state index is 13.3. The highest BCUT2D eigenvalue weighted by Gasteiger charge is 2.06. The Labute approximate surface area is 106 Å². The molecule has 0 aliphatic carbocycles. The van der Waals surface area contributed by atoms with Crippen LogP contribution in [0.15, 0.2) is 28.6 Å². The van der Waals surface area contributed by atoms with E-state index < -0.39 is 0 Å². The molecule has 2 aromatic rings. The van der Waals surface area contributed by atoms with E-state index in [2.05, 4.69) is 15.5 Å². The van der Waals surface area contributed by atoms with E-state index in [1.54, 1.807) is 18.2 Å². The van der Waals surface area contributed by atoms with E-state index in [1.165, 1.54) is 29.2 Å². The Balaban J connectivity index is 2.04. The van der Waals surface area contributed by atoms with Crippen molar-refractivity contribution in [2.45, 2.75) is 4.34 Å². The minimum Gasteiger partial charge on any atom is -0.396 e. The van der Waals surface area contributed by atoms with E-state index in [9.17, 15) is 4.39 Å². The molecule has 0 saturated carbocycles. The van der Waals surface area contributed by atoms with Gasteiger partial charge in [0.25, 0.3) is 0 Å². The average Bonchev–Trinajstić information content (AvgIpc) is 2.77. The number of anilines is 2. The molecule has 0 aliphatic heterocycles. The van der Waals surface area contributed by atoms with Crippen molar-refractivity contribution in [3.05, 3.63) is 30.1 Å². The first-order chi connectivity index (χ1) is 8.29. The van der Waals surface area contributed by atoms with Crippen LogP contribution in [-0.4, -0.2) is 27.7 Å². The van der Waals surface area contributed by atoms with Gasteiger partial charge in [-0.3, -0.25) is 0 Å². The Morgan fingerprint density at radius 2 is 2.18 bits per heavy atom. The molecule has 0 unspecified atom stereocenters. The number of hydrogen-bond donors (Lipinski definition) is 2. The van der Waals surface area contributed by atoms with Crippen LogP contribution in [0, 0.1) is 5.82 Å². The largest absolute Gasteiger partial charge is 0.396 e. The fourth-order valence-corrected chi connectivity index (χ4v) is 2.71. The van der Waals surface area contributed by atoms with Crippen molar-refractivity contribution >= 4 is 33.9 Å². The lowest BCUT2D eigenvalue weighted by Crippen LogP contribution is -1.92. The summed E-state index contributed by atoms with van der Waals surface area (Å²) in [4.78, 5) is 0. The molecule has 0 atom stereocenters. The molecule has 0 radical (unpaired) electrons. The second-order valence-electron chi connectivity index (χ2n) is 3.05. The van der Waals surface area contributed by atoms with Crippen molar-refractivity contribution in [3.8, 4) is 0 Å². The molecule has 0 bridgehead atoms. The van der Waals surface area contributed by atoms with Gasteiger partial charge in [-0.25, -0.2) is 4.39 Å². The third kappa shape index (κ3) is 3.39. The van der Waals surface area contributed by atoms with Gasteiger partial charge in [0.2, 0.25) is 5.13 Å². The predicted molar refractivity (Wildman–Crippen MR) is 67.4 cm³/mol. The number of thioether (sulfide) groups is 1. The average molecular weight is 271 g/mol. The molecular weight excluding hydrogens is 261 g/mol. The number of nitrogens with one attached hydrogen (secondary N) is 1. The van der Waals surface area contributed by atoms with E-state index in [0.29, 0.717) is 16.6 Å². The van der Waals surface area contributed by atoms with Crippen molar-refractivity contribution in [2.75, 3.05) is 17.7 Å². The van der Waals surface area contributed by atoms with Crippen molar-refractivity contribution in [1.29, 1.82) is 0 Å². The van der Waals surface area contributed by atoms with Crippen LogP contribution in [0.4, 0.5) is 15.2 Å². The maximum Gasteiger partial charge on any atom is 0.210 e. The van der Waals surface area contributed by atoms with Crippen LogP contribution in [-0.2, 0) is 0 Å². The first-order valence-corrected chi connectivity index (χ1v) is 6.68. The minimum atomic E-state index is -0.327. The Morgan fingerprint density at radius 3 is 2.94 bits per heavy atom. The molecular formula is C10H10FN3OS2. The number of rotatable bonds is 5. The fourth-order valence-electron chi connectivity index (χ4n) is 1.13. The van der Waals surface area contributed by atoms with Crippen LogP contribution in [0.25, 0.3) is 0 Å². The quantitative estimate of drug-likeness (QED) is 0.818. The van der Waals surface area contributed by atoms with Gasteiger partial charge in [0.1, 0.15) is 5.82 Å². The smallest absolute Gasteiger partial charge is 0.210 e. The number of hydrogen-bond acceptors (Lipinski definition) is 6. The van der Waals surface area contributed by atoms with Crippen molar-refractivity contribution in [1.82, 2.24) is 10.2 Å². The van der Waals surface area contributed by atoms with Crippen LogP contribution < -0.4 is 5.32 Å².